The first-order valence-electron chi connectivity index (χ1n) is 9.72. The molecule has 0 unspecified atom stereocenters. The third kappa shape index (κ3) is 3.99. The van der Waals surface area contributed by atoms with E-state index in [4.69, 9.17) is 4.42 Å². The molecule has 1 amide bonds. The fraction of sp³-hybridized carbons (Fsp3) is 0.227. The normalized spacial score (nSPS) is 12.1. The number of hydrogen-bond acceptors (Lipinski definition) is 7. The van der Waals surface area contributed by atoms with Crippen LogP contribution in [0.5, 0.6) is 0 Å². The van der Waals surface area contributed by atoms with Gasteiger partial charge in [0.15, 0.2) is 11.4 Å². The number of thiophene rings is 2. The quantitative estimate of drug-likeness (QED) is 0.383. The minimum atomic E-state index is -1.44. The van der Waals surface area contributed by atoms with Gasteiger partial charge in [0.1, 0.15) is 5.76 Å². The summed E-state index contributed by atoms with van der Waals surface area (Å²) in [5, 5.41) is 18.5. The minimum Gasteiger partial charge on any atom is -0.454 e. The molecule has 0 saturated heterocycles. The van der Waals surface area contributed by atoms with Gasteiger partial charge in [-0.3, -0.25) is 19.1 Å². The van der Waals surface area contributed by atoms with Crippen molar-refractivity contribution < 1.29 is 14.3 Å². The summed E-state index contributed by atoms with van der Waals surface area (Å²) >= 11 is 2.82. The standard InChI is InChI=1S/C22H21N3O5S2/c1-21(2,22(29,16-5-3-11-31-16)17-6-4-12-32-17)24-19(27)15-8-7-14(30-15)13-25-10-9-18(26)23-20(25)28/h3-12,29H,13H2,1-2H3,(H,24,27)(H,23,26,28). The van der Waals surface area contributed by atoms with Crippen LogP contribution in [0.15, 0.2) is 73.4 Å². The minimum absolute atomic E-state index is 0.0465. The lowest BCUT2D eigenvalue weighted by atomic mass is 9.80. The van der Waals surface area contributed by atoms with Gasteiger partial charge in [-0.2, -0.15) is 0 Å². The molecule has 0 fully saturated rings. The van der Waals surface area contributed by atoms with Gasteiger partial charge in [0, 0.05) is 22.0 Å². The molecule has 4 rings (SSSR count). The van der Waals surface area contributed by atoms with E-state index < -0.39 is 28.3 Å². The Hall–Kier alpha value is -3.21. The Morgan fingerprint density at radius 3 is 2.31 bits per heavy atom. The highest BCUT2D eigenvalue weighted by atomic mass is 32.1. The number of carbonyl (C=O) groups is 1. The molecule has 3 N–H and O–H groups in total. The Kier molecular flexibility index (Phi) is 5.76. The van der Waals surface area contributed by atoms with Crippen LogP contribution in [0, 0.1) is 0 Å². The Balaban J connectivity index is 1.58. The molecule has 0 aliphatic heterocycles. The molecular weight excluding hydrogens is 450 g/mol. The molecule has 0 bridgehead atoms. The number of amides is 1. The highest BCUT2D eigenvalue weighted by Crippen LogP contribution is 2.43. The van der Waals surface area contributed by atoms with E-state index in [9.17, 15) is 19.5 Å². The predicted molar refractivity (Wildman–Crippen MR) is 122 cm³/mol. The summed E-state index contributed by atoms with van der Waals surface area (Å²) in [6, 6.07) is 11.7. The summed E-state index contributed by atoms with van der Waals surface area (Å²) in [5.41, 5.74) is -3.58. The average Bonchev–Trinajstić information content (AvgIpc) is 3.51. The molecule has 0 aliphatic rings. The number of aliphatic hydroxyl groups is 1. The van der Waals surface area contributed by atoms with Crippen molar-refractivity contribution >= 4 is 28.6 Å². The van der Waals surface area contributed by atoms with Crippen LogP contribution in [-0.4, -0.2) is 26.1 Å². The molecule has 0 aromatic carbocycles. The number of aromatic nitrogens is 2. The van der Waals surface area contributed by atoms with E-state index in [2.05, 4.69) is 10.3 Å². The summed E-state index contributed by atoms with van der Waals surface area (Å²) in [7, 11) is 0. The maximum atomic E-state index is 13.0. The Labute approximate surface area is 190 Å². The van der Waals surface area contributed by atoms with Crippen LogP contribution < -0.4 is 16.6 Å². The molecule has 8 nitrogen and oxygen atoms in total. The molecule has 4 aromatic heterocycles. The topological polar surface area (TPSA) is 117 Å². The zero-order chi connectivity index (χ0) is 22.9. The van der Waals surface area contributed by atoms with Crippen LogP contribution in [0.25, 0.3) is 0 Å². The molecule has 10 heteroatoms. The lowest BCUT2D eigenvalue weighted by molar-refractivity contribution is 0.00113. The highest BCUT2D eigenvalue weighted by Gasteiger charge is 2.49. The first kappa shape index (κ1) is 22.0. The summed E-state index contributed by atoms with van der Waals surface area (Å²) in [6.07, 6.45) is 1.36. The van der Waals surface area contributed by atoms with Gasteiger partial charge < -0.3 is 14.8 Å². The van der Waals surface area contributed by atoms with Gasteiger partial charge in [-0.25, -0.2) is 4.79 Å². The number of aromatic amines is 1. The number of hydrogen-bond donors (Lipinski definition) is 3. The highest BCUT2D eigenvalue weighted by molar-refractivity contribution is 7.11. The molecule has 0 radical (unpaired) electrons. The van der Waals surface area contributed by atoms with E-state index in [1.807, 2.05) is 35.0 Å². The molecule has 0 aliphatic carbocycles. The summed E-state index contributed by atoms with van der Waals surface area (Å²) < 4.78 is 6.90. The van der Waals surface area contributed by atoms with Crippen LogP contribution >= 0.6 is 22.7 Å². The van der Waals surface area contributed by atoms with Crippen LogP contribution in [0.2, 0.25) is 0 Å². The zero-order valence-corrected chi connectivity index (χ0v) is 19.0. The van der Waals surface area contributed by atoms with E-state index in [0.717, 1.165) is 0 Å². The molecule has 32 heavy (non-hydrogen) atoms. The second-order valence-corrected chi connectivity index (χ2v) is 9.64. The monoisotopic (exact) mass is 471 g/mol. The number of nitrogens with one attached hydrogen (secondary N) is 2. The third-order valence-corrected chi connectivity index (χ3v) is 7.15. The van der Waals surface area contributed by atoms with Crippen LogP contribution in [-0.2, 0) is 12.1 Å². The predicted octanol–water partition coefficient (Wildman–Crippen LogP) is 2.75. The van der Waals surface area contributed by atoms with Crippen molar-refractivity contribution in [3.63, 3.8) is 0 Å². The van der Waals surface area contributed by atoms with Gasteiger partial charge in [-0.15, -0.1) is 22.7 Å². The van der Waals surface area contributed by atoms with E-state index in [1.165, 1.54) is 45.6 Å². The smallest absolute Gasteiger partial charge is 0.328 e. The van der Waals surface area contributed by atoms with Gasteiger partial charge in [-0.1, -0.05) is 12.1 Å². The molecule has 4 heterocycles. The summed E-state index contributed by atoms with van der Waals surface area (Å²) in [5.74, 6) is -0.0826. The second-order valence-electron chi connectivity index (χ2n) is 7.75. The van der Waals surface area contributed by atoms with E-state index in [-0.39, 0.29) is 12.3 Å². The second kappa shape index (κ2) is 8.38. The maximum absolute atomic E-state index is 13.0. The van der Waals surface area contributed by atoms with Crippen molar-refractivity contribution in [1.29, 1.82) is 0 Å². The Bertz CT molecular complexity index is 1300. The van der Waals surface area contributed by atoms with E-state index in [1.54, 1.807) is 19.9 Å². The van der Waals surface area contributed by atoms with Crippen molar-refractivity contribution in [2.45, 2.75) is 31.5 Å². The van der Waals surface area contributed by atoms with Gasteiger partial charge in [-0.05, 0) is 48.9 Å². The SMILES string of the molecule is CC(C)(NC(=O)c1ccc(Cn2ccc(=O)[nH]c2=O)o1)C(O)(c1cccs1)c1cccs1. The van der Waals surface area contributed by atoms with Gasteiger partial charge in [0.25, 0.3) is 11.5 Å². The van der Waals surface area contributed by atoms with Crippen molar-refractivity contribution in [2.24, 2.45) is 0 Å². The van der Waals surface area contributed by atoms with Crippen molar-refractivity contribution in [3.05, 3.63) is 102 Å². The van der Waals surface area contributed by atoms with Gasteiger partial charge >= 0.3 is 5.69 Å². The first-order valence-corrected chi connectivity index (χ1v) is 11.5. The largest absolute Gasteiger partial charge is 0.454 e. The molecule has 0 saturated carbocycles. The average molecular weight is 472 g/mol. The number of H-pyrrole nitrogens is 1. The number of furan rings is 1. The van der Waals surface area contributed by atoms with Gasteiger partial charge in [0.05, 0.1) is 12.1 Å². The zero-order valence-electron chi connectivity index (χ0n) is 17.3. The lowest BCUT2D eigenvalue weighted by Gasteiger charge is -2.42. The van der Waals surface area contributed by atoms with Crippen molar-refractivity contribution in [1.82, 2.24) is 14.9 Å². The van der Waals surface area contributed by atoms with E-state index >= 15 is 0 Å². The first-order chi connectivity index (χ1) is 15.2. The number of carbonyl (C=O) groups excluding carboxylic acids is 1. The number of nitrogens with zero attached hydrogens (tertiary/aromatic N) is 1. The molecular formula is C22H21N3O5S2. The third-order valence-electron chi connectivity index (χ3n) is 5.19. The summed E-state index contributed by atoms with van der Waals surface area (Å²) in [4.78, 5) is 39.7. The molecule has 0 spiro atoms. The van der Waals surface area contributed by atoms with Gasteiger partial charge in [0.2, 0.25) is 0 Å². The van der Waals surface area contributed by atoms with Crippen molar-refractivity contribution in [2.75, 3.05) is 0 Å². The Morgan fingerprint density at radius 2 is 1.75 bits per heavy atom. The summed E-state index contributed by atoms with van der Waals surface area (Å²) in [6.45, 7) is 3.57. The molecule has 0 atom stereocenters. The fourth-order valence-electron chi connectivity index (χ4n) is 3.46. The van der Waals surface area contributed by atoms with Crippen LogP contribution in [0.4, 0.5) is 0 Å². The molecule has 4 aromatic rings. The van der Waals surface area contributed by atoms with Crippen LogP contribution in [0.1, 0.15) is 39.9 Å². The Morgan fingerprint density at radius 1 is 1.09 bits per heavy atom. The van der Waals surface area contributed by atoms with Crippen molar-refractivity contribution in [3.8, 4) is 0 Å². The maximum Gasteiger partial charge on any atom is 0.328 e. The lowest BCUT2D eigenvalue weighted by Crippen LogP contribution is -2.58. The van der Waals surface area contributed by atoms with Crippen LogP contribution in [0.3, 0.4) is 0 Å². The molecule has 166 valence electrons. The fourth-order valence-corrected chi connectivity index (χ4v) is 5.52. The van der Waals surface area contributed by atoms with E-state index in [0.29, 0.717) is 15.5 Å². The number of rotatable bonds is 7.